The Morgan fingerprint density at radius 3 is 2.12 bits per heavy atom. The first kappa shape index (κ1) is 18.8. The molecule has 0 spiro atoms. The summed E-state index contributed by atoms with van der Waals surface area (Å²) >= 11 is 3.34. The zero-order valence-electron chi connectivity index (χ0n) is 14.6. The van der Waals surface area contributed by atoms with Crippen LogP contribution in [0.25, 0.3) is 0 Å². The lowest BCUT2D eigenvalue weighted by Crippen LogP contribution is -2.15. The number of rotatable bonds is 2. The van der Waals surface area contributed by atoms with Gasteiger partial charge in [-0.05, 0) is 66.8 Å². The maximum absolute atomic E-state index is 13.1. The van der Waals surface area contributed by atoms with E-state index < -0.39 is 9.84 Å². The van der Waals surface area contributed by atoms with Gasteiger partial charge in [0.25, 0.3) is 0 Å². The number of halogens is 1. The molecule has 0 aromatic heterocycles. The van der Waals surface area contributed by atoms with Crippen LogP contribution in [0.15, 0.2) is 50.7 Å². The number of aryl methyl sites for hydroxylation is 1. The van der Waals surface area contributed by atoms with E-state index in [1.54, 1.807) is 37.3 Å². The molecule has 0 bridgehead atoms. The van der Waals surface area contributed by atoms with E-state index in [1.807, 2.05) is 13.0 Å². The van der Waals surface area contributed by atoms with Crippen molar-refractivity contribution in [1.29, 1.82) is 0 Å². The predicted octanol–water partition coefficient (Wildman–Crippen LogP) is 5.26. The Morgan fingerprint density at radius 2 is 1.62 bits per heavy atom. The van der Waals surface area contributed by atoms with Crippen LogP contribution < -0.4 is 0 Å². The minimum atomic E-state index is -3.63. The monoisotopic (exact) mass is 404 g/mol. The lowest BCUT2D eigenvalue weighted by atomic mass is 9.83. The van der Waals surface area contributed by atoms with Gasteiger partial charge < -0.3 is 0 Å². The molecule has 2 aromatic rings. The first-order valence-corrected chi connectivity index (χ1v) is 9.93. The van der Waals surface area contributed by atoms with Crippen molar-refractivity contribution in [2.24, 2.45) is 0 Å². The fourth-order valence-corrected chi connectivity index (χ4v) is 4.38. The maximum Gasteiger partial charge on any atom is 0.207 e. The quantitative estimate of drug-likeness (QED) is 0.639. The van der Waals surface area contributed by atoms with Gasteiger partial charge in [-0.3, -0.25) is 0 Å². The van der Waals surface area contributed by atoms with Crippen molar-refractivity contribution < 1.29 is 8.42 Å². The molecule has 0 amide bonds. The summed E-state index contributed by atoms with van der Waals surface area (Å²) in [5.74, 6) is 5.76. The Kier molecular flexibility index (Phi) is 5.27. The highest BCUT2D eigenvalue weighted by Crippen LogP contribution is 2.33. The Balaban J connectivity index is 2.79. The normalized spacial score (nSPS) is 11.8. The SMILES string of the molecule is CC#Cc1cc(C)c(C(C)(C)C)cc1S(=O)(=O)c1ccc(Br)cc1. The molecule has 0 saturated heterocycles. The number of benzene rings is 2. The van der Waals surface area contributed by atoms with Gasteiger partial charge in [0.2, 0.25) is 9.84 Å². The van der Waals surface area contributed by atoms with Crippen LogP contribution in [-0.2, 0) is 15.3 Å². The van der Waals surface area contributed by atoms with Crippen LogP contribution in [0.2, 0.25) is 0 Å². The molecule has 4 heteroatoms. The Labute approximate surface area is 153 Å². The molecular formula is C20H21BrO2S. The van der Waals surface area contributed by atoms with Crippen LogP contribution in [0.3, 0.4) is 0 Å². The molecule has 0 aliphatic heterocycles. The molecule has 0 aliphatic carbocycles. The van der Waals surface area contributed by atoms with E-state index in [-0.39, 0.29) is 15.2 Å². The van der Waals surface area contributed by atoms with Crippen molar-refractivity contribution in [2.75, 3.05) is 0 Å². The molecule has 2 rings (SSSR count). The lowest BCUT2D eigenvalue weighted by molar-refractivity contribution is 0.580. The van der Waals surface area contributed by atoms with Gasteiger partial charge in [-0.15, -0.1) is 5.92 Å². The van der Waals surface area contributed by atoms with Gasteiger partial charge in [0, 0.05) is 10.0 Å². The Morgan fingerprint density at radius 1 is 1.04 bits per heavy atom. The van der Waals surface area contributed by atoms with Gasteiger partial charge in [0.1, 0.15) is 0 Å². The Hall–Kier alpha value is -1.57. The number of hydrogen-bond acceptors (Lipinski definition) is 2. The lowest BCUT2D eigenvalue weighted by Gasteiger charge is -2.23. The molecule has 0 saturated carbocycles. The standard InChI is InChI=1S/C20H21BrO2S/c1-6-7-15-12-14(2)18(20(3,4)5)13-19(15)24(22,23)17-10-8-16(21)9-11-17/h8-13H,1-5H3. The van der Waals surface area contributed by atoms with Crippen molar-refractivity contribution in [1.82, 2.24) is 0 Å². The molecule has 0 aliphatic rings. The van der Waals surface area contributed by atoms with Crippen molar-refractivity contribution in [2.45, 2.75) is 49.8 Å². The van der Waals surface area contributed by atoms with Gasteiger partial charge in [-0.2, -0.15) is 0 Å². The van der Waals surface area contributed by atoms with Crippen molar-refractivity contribution in [3.63, 3.8) is 0 Å². The summed E-state index contributed by atoms with van der Waals surface area (Å²) in [6.45, 7) is 9.95. The van der Waals surface area contributed by atoms with Gasteiger partial charge in [-0.1, -0.05) is 42.6 Å². The molecular weight excluding hydrogens is 384 g/mol. The summed E-state index contributed by atoms with van der Waals surface area (Å²) < 4.78 is 27.1. The second-order valence-electron chi connectivity index (χ2n) is 6.75. The van der Waals surface area contributed by atoms with E-state index in [4.69, 9.17) is 0 Å². The van der Waals surface area contributed by atoms with Crippen LogP contribution in [-0.4, -0.2) is 8.42 Å². The molecule has 24 heavy (non-hydrogen) atoms. The van der Waals surface area contributed by atoms with E-state index in [1.165, 1.54) is 0 Å². The highest BCUT2D eigenvalue weighted by atomic mass is 79.9. The topological polar surface area (TPSA) is 34.1 Å². The summed E-state index contributed by atoms with van der Waals surface area (Å²) in [7, 11) is -3.63. The summed E-state index contributed by atoms with van der Waals surface area (Å²) in [4.78, 5) is 0.545. The van der Waals surface area contributed by atoms with E-state index in [9.17, 15) is 8.42 Å². The van der Waals surface area contributed by atoms with E-state index in [0.717, 1.165) is 15.6 Å². The maximum atomic E-state index is 13.1. The third kappa shape index (κ3) is 3.74. The van der Waals surface area contributed by atoms with Gasteiger partial charge in [0.15, 0.2) is 0 Å². The highest BCUT2D eigenvalue weighted by molar-refractivity contribution is 9.10. The van der Waals surface area contributed by atoms with E-state index in [0.29, 0.717) is 5.56 Å². The molecule has 0 unspecified atom stereocenters. The van der Waals surface area contributed by atoms with Crippen molar-refractivity contribution >= 4 is 25.8 Å². The minimum Gasteiger partial charge on any atom is -0.218 e. The third-order valence-corrected chi connectivity index (χ3v) is 6.15. The average Bonchev–Trinajstić information content (AvgIpc) is 2.46. The largest absolute Gasteiger partial charge is 0.218 e. The summed E-state index contributed by atoms with van der Waals surface area (Å²) in [6, 6.07) is 10.3. The summed E-state index contributed by atoms with van der Waals surface area (Å²) in [5.41, 5.74) is 2.47. The predicted molar refractivity (Wildman–Crippen MR) is 102 cm³/mol. The Bertz CT molecular complexity index is 923. The fraction of sp³-hybridized carbons (Fsp3) is 0.300. The molecule has 0 N–H and O–H groups in total. The van der Waals surface area contributed by atoms with Crippen LogP contribution in [0.4, 0.5) is 0 Å². The zero-order chi connectivity index (χ0) is 18.1. The van der Waals surface area contributed by atoms with Crippen LogP contribution in [0.5, 0.6) is 0 Å². The molecule has 126 valence electrons. The second-order valence-corrected chi connectivity index (χ2v) is 9.58. The minimum absolute atomic E-state index is 0.147. The van der Waals surface area contributed by atoms with E-state index in [2.05, 4.69) is 48.5 Å². The molecule has 0 atom stereocenters. The molecule has 2 nitrogen and oxygen atoms in total. The zero-order valence-corrected chi connectivity index (χ0v) is 17.0. The van der Waals surface area contributed by atoms with Gasteiger partial charge >= 0.3 is 0 Å². The first-order valence-electron chi connectivity index (χ1n) is 7.66. The highest BCUT2D eigenvalue weighted by Gasteiger charge is 2.25. The number of hydrogen-bond donors (Lipinski definition) is 0. The summed E-state index contributed by atoms with van der Waals surface area (Å²) in [6.07, 6.45) is 0. The van der Waals surface area contributed by atoms with Gasteiger partial charge in [-0.25, -0.2) is 8.42 Å². The van der Waals surface area contributed by atoms with Crippen molar-refractivity contribution in [3.8, 4) is 11.8 Å². The molecule has 0 radical (unpaired) electrons. The average molecular weight is 405 g/mol. The van der Waals surface area contributed by atoms with E-state index >= 15 is 0 Å². The molecule has 0 heterocycles. The third-order valence-electron chi connectivity index (χ3n) is 3.81. The smallest absolute Gasteiger partial charge is 0.207 e. The van der Waals surface area contributed by atoms with Crippen LogP contribution in [0.1, 0.15) is 44.4 Å². The fourth-order valence-electron chi connectivity index (χ4n) is 2.69. The van der Waals surface area contributed by atoms with Crippen LogP contribution in [0, 0.1) is 18.8 Å². The van der Waals surface area contributed by atoms with Crippen molar-refractivity contribution in [3.05, 3.63) is 57.6 Å². The number of sulfone groups is 1. The molecule has 2 aromatic carbocycles. The summed E-state index contributed by atoms with van der Waals surface area (Å²) in [5, 5.41) is 0. The second kappa shape index (κ2) is 6.74. The van der Waals surface area contributed by atoms with Gasteiger partial charge in [0.05, 0.1) is 9.79 Å². The molecule has 0 fully saturated rings. The first-order chi connectivity index (χ1) is 11.1. The van der Waals surface area contributed by atoms with Crippen LogP contribution >= 0.6 is 15.9 Å².